The summed E-state index contributed by atoms with van der Waals surface area (Å²) in [6.45, 7) is 25.9. The number of aryl methyl sites for hydroxylation is 2. The Morgan fingerprint density at radius 1 is 0.485 bits per heavy atom. The van der Waals surface area contributed by atoms with Crippen molar-refractivity contribution >= 4 is 57.2 Å². The Labute approximate surface area is 400 Å². The van der Waals surface area contributed by atoms with Gasteiger partial charge in [0.15, 0.2) is 0 Å². The molecule has 0 saturated carbocycles. The van der Waals surface area contributed by atoms with Crippen LogP contribution in [0, 0.1) is 13.8 Å². The average Bonchev–Trinajstić information content (AvgIpc) is 3.48. The number of benzene rings is 7. The molecule has 4 aliphatic rings. The number of anilines is 6. The molecule has 2 heterocycles. The van der Waals surface area contributed by atoms with Crippen LogP contribution in [-0.2, 0) is 27.1 Å². The second kappa shape index (κ2) is 14.4. The highest BCUT2D eigenvalue weighted by atomic mass is 15.2. The molecule has 2 nitrogen and oxygen atoms in total. The van der Waals surface area contributed by atoms with Gasteiger partial charge in [0.1, 0.15) is 0 Å². The molecule has 0 aromatic heterocycles. The lowest BCUT2D eigenvalue weighted by Crippen LogP contribution is -2.62. The Morgan fingerprint density at radius 3 is 1.53 bits per heavy atom. The van der Waals surface area contributed by atoms with E-state index in [0.29, 0.717) is 5.56 Å². The van der Waals surface area contributed by atoms with Crippen LogP contribution in [-0.4, -0.2) is 6.71 Å². The first-order chi connectivity index (χ1) is 32.4. The van der Waals surface area contributed by atoms with E-state index in [1.165, 1.54) is 44.3 Å². The fourth-order valence-electron chi connectivity index (χ4n) is 12.8. The summed E-state index contributed by atoms with van der Waals surface area (Å²) in [5, 5.41) is 0. The van der Waals surface area contributed by atoms with Gasteiger partial charge in [-0.05, 0) is 181 Å². The Bertz CT molecular complexity index is 3240. The molecular weight excluding hydrogens is 796 g/mol. The molecule has 7 aromatic rings. The first-order valence-electron chi connectivity index (χ1n) is 25.9. The predicted octanol–water partition coefficient (Wildman–Crippen LogP) is 15.3. The highest BCUT2D eigenvalue weighted by Gasteiger charge is 2.50. The van der Waals surface area contributed by atoms with Gasteiger partial charge in [0.2, 0.25) is 0 Å². The highest BCUT2D eigenvalue weighted by molar-refractivity contribution is 7.00. The van der Waals surface area contributed by atoms with Crippen LogP contribution in [0.2, 0.25) is 0 Å². The average molecular weight is 866 g/mol. The molecule has 0 fully saturated rings. The van der Waals surface area contributed by atoms with Crippen molar-refractivity contribution in [3.63, 3.8) is 0 Å². The van der Waals surface area contributed by atoms with E-state index in [1.54, 1.807) is 0 Å². The number of fused-ring (bicyclic) bond motifs is 6. The van der Waals surface area contributed by atoms with Gasteiger partial charge < -0.3 is 9.80 Å². The largest absolute Gasteiger partial charge is 0.311 e. The van der Waals surface area contributed by atoms with E-state index < -0.39 is 6.85 Å². The molecule has 0 atom stereocenters. The number of hydrogen-bond donors (Lipinski definition) is 0. The van der Waals surface area contributed by atoms with Crippen molar-refractivity contribution in [1.82, 2.24) is 0 Å². The number of nitrogens with zero attached hydrogens (tertiary/aromatic N) is 2. The van der Waals surface area contributed by atoms with E-state index in [1.807, 2.05) is 12.1 Å². The summed E-state index contributed by atoms with van der Waals surface area (Å²) in [5.74, 6) is 0. The zero-order valence-corrected chi connectivity index (χ0v) is 41.3. The van der Waals surface area contributed by atoms with E-state index in [-0.39, 0.29) is 33.8 Å². The first kappa shape index (κ1) is 39.4. The van der Waals surface area contributed by atoms with E-state index >= 15 is 0 Å². The Kier molecular flexibility index (Phi) is 8.57. The van der Waals surface area contributed by atoms with Gasteiger partial charge >= 0.3 is 0 Å². The first-order valence-corrected chi connectivity index (χ1v) is 24.4. The van der Waals surface area contributed by atoms with Crippen LogP contribution < -0.4 is 26.2 Å². The summed E-state index contributed by atoms with van der Waals surface area (Å²) >= 11 is 0. The zero-order valence-electron chi connectivity index (χ0n) is 44.3. The molecule has 2 aliphatic heterocycles. The maximum atomic E-state index is 9.21. The van der Waals surface area contributed by atoms with Gasteiger partial charge in [-0.3, -0.25) is 0 Å². The van der Waals surface area contributed by atoms with Crippen LogP contribution in [0.5, 0.6) is 0 Å². The quantitative estimate of drug-likeness (QED) is 0.163. The fourth-order valence-corrected chi connectivity index (χ4v) is 12.8. The molecule has 0 saturated heterocycles. The molecule has 66 heavy (non-hydrogen) atoms. The summed E-state index contributed by atoms with van der Waals surface area (Å²) in [5.41, 5.74) is 22.6. The van der Waals surface area contributed by atoms with Crippen molar-refractivity contribution in [2.45, 2.75) is 136 Å². The summed E-state index contributed by atoms with van der Waals surface area (Å²) in [7, 11) is 0. The minimum Gasteiger partial charge on any atom is -0.311 e. The van der Waals surface area contributed by atoms with Crippen LogP contribution in [0.25, 0.3) is 22.3 Å². The van der Waals surface area contributed by atoms with Crippen LogP contribution in [0.3, 0.4) is 0 Å². The summed E-state index contributed by atoms with van der Waals surface area (Å²) in [6, 6.07) is 49.4. The van der Waals surface area contributed by atoms with E-state index in [0.717, 1.165) is 81.1 Å². The van der Waals surface area contributed by atoms with Crippen LogP contribution in [0.4, 0.5) is 34.1 Å². The van der Waals surface area contributed by atoms with E-state index in [2.05, 4.69) is 214 Å². The molecule has 332 valence electrons. The maximum absolute atomic E-state index is 9.21. The number of hydrogen-bond acceptors (Lipinski definition) is 2. The lowest BCUT2D eigenvalue weighted by Gasteiger charge is -2.48. The van der Waals surface area contributed by atoms with Gasteiger partial charge in [0.25, 0.3) is 6.71 Å². The maximum Gasteiger partial charge on any atom is 0.252 e. The molecule has 0 amide bonds. The molecule has 7 aromatic carbocycles. The normalized spacial score (nSPS) is 18.8. The second-order valence-corrected chi connectivity index (χ2v) is 23.9. The third-order valence-corrected chi connectivity index (χ3v) is 16.3. The minimum absolute atomic E-state index is 0.0287. The molecular formula is C63H67BN2. The Hall–Kier alpha value is -5.80. The van der Waals surface area contributed by atoms with E-state index in [4.69, 9.17) is 0 Å². The molecule has 11 rings (SSSR count). The second-order valence-electron chi connectivity index (χ2n) is 23.9. The summed E-state index contributed by atoms with van der Waals surface area (Å²) in [6.07, 6.45) is 3.24. The van der Waals surface area contributed by atoms with Gasteiger partial charge in [0.05, 0.1) is 5.69 Å². The van der Waals surface area contributed by atoms with Gasteiger partial charge in [-0.1, -0.05) is 161 Å². The topological polar surface area (TPSA) is 6.48 Å². The molecule has 2 aliphatic carbocycles. The predicted molar refractivity (Wildman–Crippen MR) is 285 cm³/mol. The summed E-state index contributed by atoms with van der Waals surface area (Å²) < 4.78 is 27.6. The third-order valence-electron chi connectivity index (χ3n) is 16.3. The molecule has 0 spiro atoms. The van der Waals surface area contributed by atoms with Crippen molar-refractivity contribution in [3.8, 4) is 22.3 Å². The number of rotatable bonds is 4. The van der Waals surface area contributed by atoms with Crippen molar-refractivity contribution in [1.29, 1.82) is 0 Å². The monoisotopic (exact) mass is 866 g/mol. The molecule has 0 bridgehead atoms. The SMILES string of the molecule is [2H]C([2H])([2H])c1cc2c3c(c1)N(c1ccc(C(C)(C)C)cc1-c1ccccc1)c1cc4c(cc1B3c1cc3c(cc1N2c1ccc(-c2ccccc2)cc1C)C(C)(C)CCC3(C)C)C(C)(C)CC4(C)C. The van der Waals surface area contributed by atoms with Crippen molar-refractivity contribution < 1.29 is 4.11 Å². The van der Waals surface area contributed by atoms with Crippen molar-refractivity contribution in [2.75, 3.05) is 9.80 Å². The van der Waals surface area contributed by atoms with Gasteiger partial charge in [0, 0.05) is 38.1 Å². The standard InChI is InChI=1S/C63H67BN2/c1-39-30-56-58-57(31-39)66(53-27-25-44(59(3,4)5)33-45(53)42-22-18-15-19-23-42)55-37-49-47(62(10,11)38-63(49,12)13)35-51(55)64(58)50-34-46-48(61(8,9)29-28-60(46,6)7)36-54(50)65(56)52-26-24-43(32-40(52)2)41-20-16-14-17-21-41/h14-27,30-37H,28-29,38H2,1-13H3/i1D3. The van der Waals surface area contributed by atoms with Crippen LogP contribution in [0.1, 0.15) is 138 Å². The molecule has 0 N–H and O–H groups in total. The lowest BCUT2D eigenvalue weighted by molar-refractivity contribution is 0.332. The molecule has 0 unspecified atom stereocenters. The smallest absolute Gasteiger partial charge is 0.252 e. The van der Waals surface area contributed by atoms with E-state index in [9.17, 15) is 4.11 Å². The fraction of sp³-hybridized carbons (Fsp3) is 0.333. The third kappa shape index (κ3) is 6.50. The van der Waals surface area contributed by atoms with Crippen molar-refractivity contribution in [2.24, 2.45) is 0 Å². The Balaban J connectivity index is 1.30. The van der Waals surface area contributed by atoms with Gasteiger partial charge in [-0.25, -0.2) is 0 Å². The van der Waals surface area contributed by atoms with Gasteiger partial charge in [-0.2, -0.15) is 0 Å². The van der Waals surface area contributed by atoms with Crippen LogP contribution in [0.15, 0.2) is 133 Å². The Morgan fingerprint density at radius 2 is 0.985 bits per heavy atom. The summed E-state index contributed by atoms with van der Waals surface area (Å²) in [4.78, 5) is 4.92. The minimum atomic E-state index is -2.38. The highest BCUT2D eigenvalue weighted by Crippen LogP contribution is 2.55. The van der Waals surface area contributed by atoms with Gasteiger partial charge in [-0.15, -0.1) is 0 Å². The van der Waals surface area contributed by atoms with Crippen molar-refractivity contribution in [3.05, 3.63) is 172 Å². The lowest BCUT2D eigenvalue weighted by atomic mass is 9.32. The zero-order chi connectivity index (χ0) is 49.0. The molecule has 3 heteroatoms. The molecule has 0 radical (unpaired) electrons. The van der Waals surface area contributed by atoms with Crippen LogP contribution >= 0.6 is 0 Å².